The van der Waals surface area contributed by atoms with Crippen molar-refractivity contribution in [3.05, 3.63) is 73.9 Å². The number of nitrogens with zero attached hydrogens (tertiary/aromatic N) is 6. The van der Waals surface area contributed by atoms with Crippen molar-refractivity contribution in [2.45, 2.75) is 13.8 Å². The molecular formula is C16H24N8. The summed E-state index contributed by atoms with van der Waals surface area (Å²) in [6, 6.07) is 0. The Kier molecular flexibility index (Phi) is 8.98. The lowest BCUT2D eigenvalue weighted by Crippen LogP contribution is -1.86. The van der Waals surface area contributed by atoms with Crippen molar-refractivity contribution in [2.24, 2.45) is 14.1 Å². The minimum atomic E-state index is 0.968. The van der Waals surface area contributed by atoms with E-state index in [0.29, 0.717) is 0 Å². The van der Waals surface area contributed by atoms with Gasteiger partial charge in [0.25, 0.3) is 0 Å². The third kappa shape index (κ3) is 8.98. The van der Waals surface area contributed by atoms with Gasteiger partial charge < -0.3 is 19.1 Å². The summed E-state index contributed by atoms with van der Waals surface area (Å²) in [5.41, 5.74) is 0. The predicted molar refractivity (Wildman–Crippen MR) is 93.1 cm³/mol. The number of hydrogen-bond donors (Lipinski definition) is 2. The van der Waals surface area contributed by atoms with Gasteiger partial charge in [-0.25, -0.2) is 19.9 Å². The molecule has 4 heterocycles. The molecule has 128 valence electrons. The molecular weight excluding hydrogens is 304 g/mol. The summed E-state index contributed by atoms with van der Waals surface area (Å²) in [4.78, 5) is 20.9. The van der Waals surface area contributed by atoms with Crippen LogP contribution in [0.2, 0.25) is 0 Å². The number of H-pyrrole nitrogens is 2. The van der Waals surface area contributed by atoms with Gasteiger partial charge in [-0.2, -0.15) is 0 Å². The van der Waals surface area contributed by atoms with Crippen molar-refractivity contribution in [3.63, 3.8) is 0 Å². The van der Waals surface area contributed by atoms with Crippen molar-refractivity contribution in [2.75, 3.05) is 0 Å². The lowest BCUT2D eigenvalue weighted by Gasteiger charge is -1.87. The largest absolute Gasteiger partial charge is 0.351 e. The summed E-state index contributed by atoms with van der Waals surface area (Å²) in [5.74, 6) is 2.02. The van der Waals surface area contributed by atoms with Crippen LogP contribution in [0.5, 0.6) is 0 Å². The van der Waals surface area contributed by atoms with Crippen LogP contribution in [0.1, 0.15) is 11.6 Å². The normalized spacial score (nSPS) is 8.83. The summed E-state index contributed by atoms with van der Waals surface area (Å²) >= 11 is 0. The first-order valence-electron chi connectivity index (χ1n) is 7.34. The molecule has 0 aliphatic carbocycles. The monoisotopic (exact) mass is 328 g/mol. The molecule has 0 aliphatic heterocycles. The Morgan fingerprint density at radius 2 is 1.71 bits per heavy atom. The molecule has 0 saturated carbocycles. The van der Waals surface area contributed by atoms with Crippen molar-refractivity contribution in [1.82, 2.24) is 39.0 Å². The molecule has 4 rings (SSSR count). The molecule has 0 unspecified atom stereocenters. The Hall–Kier alpha value is -3.16. The van der Waals surface area contributed by atoms with E-state index in [1.165, 1.54) is 0 Å². The van der Waals surface area contributed by atoms with Crippen molar-refractivity contribution >= 4 is 0 Å². The van der Waals surface area contributed by atoms with Crippen molar-refractivity contribution < 1.29 is 0 Å². The Morgan fingerprint density at radius 1 is 0.875 bits per heavy atom. The number of imidazole rings is 4. The molecule has 0 spiro atoms. The molecule has 2 N–H and O–H groups in total. The second kappa shape index (κ2) is 11.4. The van der Waals surface area contributed by atoms with Crippen LogP contribution in [-0.2, 0) is 14.1 Å². The van der Waals surface area contributed by atoms with Gasteiger partial charge in [-0.15, -0.1) is 0 Å². The maximum Gasteiger partial charge on any atom is 0.105 e. The molecule has 0 aliphatic rings. The van der Waals surface area contributed by atoms with Gasteiger partial charge in [0, 0.05) is 63.7 Å². The van der Waals surface area contributed by atoms with Crippen LogP contribution in [0.4, 0.5) is 0 Å². The van der Waals surface area contributed by atoms with E-state index in [-0.39, 0.29) is 0 Å². The first kappa shape index (κ1) is 18.9. The maximum absolute atomic E-state index is 3.98. The van der Waals surface area contributed by atoms with Crippen LogP contribution in [0.3, 0.4) is 0 Å². The SMILES string of the molecule is Cc1ncc[nH]1.Cc1nccn1C.Cn1ccnc1.c1c[nH]cn1. The number of hydrogen-bond acceptors (Lipinski definition) is 4. The molecule has 8 nitrogen and oxygen atoms in total. The molecule has 0 bridgehead atoms. The zero-order valence-corrected chi connectivity index (χ0v) is 14.5. The highest BCUT2D eigenvalue weighted by Crippen LogP contribution is 1.87. The number of aromatic amines is 2. The van der Waals surface area contributed by atoms with Crippen LogP contribution >= 0.6 is 0 Å². The number of aryl methyl sites for hydroxylation is 4. The van der Waals surface area contributed by atoms with Gasteiger partial charge in [-0.3, -0.25) is 0 Å². The average molecular weight is 328 g/mol. The molecule has 4 aromatic heterocycles. The Morgan fingerprint density at radius 3 is 1.88 bits per heavy atom. The fraction of sp³-hybridized carbons (Fsp3) is 0.250. The Bertz CT molecular complexity index is 642. The maximum atomic E-state index is 3.98. The zero-order chi connectivity index (χ0) is 17.6. The second-order valence-electron chi connectivity index (χ2n) is 4.75. The van der Waals surface area contributed by atoms with E-state index in [0.717, 1.165) is 11.6 Å². The highest BCUT2D eigenvalue weighted by molar-refractivity contribution is 4.85. The van der Waals surface area contributed by atoms with E-state index in [9.17, 15) is 0 Å². The van der Waals surface area contributed by atoms with Crippen LogP contribution < -0.4 is 0 Å². The highest BCUT2D eigenvalue weighted by Gasteiger charge is 1.83. The van der Waals surface area contributed by atoms with E-state index in [1.54, 1.807) is 49.8 Å². The van der Waals surface area contributed by atoms with Crippen molar-refractivity contribution in [1.29, 1.82) is 0 Å². The van der Waals surface area contributed by atoms with Crippen LogP contribution in [0.25, 0.3) is 0 Å². The van der Waals surface area contributed by atoms with Crippen LogP contribution in [0, 0.1) is 13.8 Å². The Labute approximate surface area is 141 Å². The minimum Gasteiger partial charge on any atom is -0.351 e. The molecule has 0 saturated heterocycles. The zero-order valence-electron chi connectivity index (χ0n) is 14.5. The van der Waals surface area contributed by atoms with E-state index in [1.807, 2.05) is 49.5 Å². The summed E-state index contributed by atoms with van der Waals surface area (Å²) in [6.07, 6.45) is 17.7. The van der Waals surface area contributed by atoms with E-state index in [2.05, 4.69) is 29.9 Å². The summed E-state index contributed by atoms with van der Waals surface area (Å²) in [5, 5.41) is 0. The molecule has 0 atom stereocenters. The Balaban J connectivity index is 0.000000161. The number of aromatic nitrogens is 8. The first-order chi connectivity index (χ1) is 11.6. The number of rotatable bonds is 0. The smallest absolute Gasteiger partial charge is 0.105 e. The third-order valence-electron chi connectivity index (χ3n) is 2.74. The molecule has 4 aromatic rings. The predicted octanol–water partition coefficient (Wildman–Crippen LogP) is 2.28. The molecule has 0 aromatic carbocycles. The fourth-order valence-corrected chi connectivity index (χ4v) is 1.33. The summed E-state index contributed by atoms with van der Waals surface area (Å²) in [7, 11) is 3.91. The topological polar surface area (TPSA) is 93.0 Å². The molecule has 0 fully saturated rings. The lowest BCUT2D eigenvalue weighted by molar-refractivity contribution is 0.858. The fourth-order valence-electron chi connectivity index (χ4n) is 1.33. The molecule has 0 radical (unpaired) electrons. The van der Waals surface area contributed by atoms with Crippen LogP contribution in [0.15, 0.2) is 62.2 Å². The molecule has 24 heavy (non-hydrogen) atoms. The van der Waals surface area contributed by atoms with Gasteiger partial charge >= 0.3 is 0 Å². The standard InChI is InChI=1S/C5H8N2.2C4H6N2.C3H4N2/c1-5-6-3-4-7(5)2;1-6-3-2-5-4-6;1-4-5-2-3-6-4;1-2-5-3-4-1/h3-4H,1-2H3;2-4H,1H3;2-3H,1H3,(H,5,6);1-3H,(H,4,5). The van der Waals surface area contributed by atoms with Crippen molar-refractivity contribution in [3.8, 4) is 0 Å². The highest BCUT2D eigenvalue weighted by atomic mass is 15.0. The van der Waals surface area contributed by atoms with Gasteiger partial charge in [0.15, 0.2) is 0 Å². The van der Waals surface area contributed by atoms with E-state index >= 15 is 0 Å². The lowest BCUT2D eigenvalue weighted by atomic mass is 10.7. The average Bonchev–Trinajstić information content (AvgIpc) is 3.33. The number of nitrogens with one attached hydrogen (secondary N) is 2. The molecule has 0 amide bonds. The third-order valence-corrected chi connectivity index (χ3v) is 2.74. The summed E-state index contributed by atoms with van der Waals surface area (Å²) < 4.78 is 3.86. The molecule has 8 heteroatoms. The second-order valence-corrected chi connectivity index (χ2v) is 4.75. The van der Waals surface area contributed by atoms with Gasteiger partial charge in [0.1, 0.15) is 11.6 Å². The minimum absolute atomic E-state index is 0.968. The summed E-state index contributed by atoms with van der Waals surface area (Å²) in [6.45, 7) is 3.89. The van der Waals surface area contributed by atoms with Gasteiger partial charge in [-0.1, -0.05) is 0 Å². The quantitative estimate of drug-likeness (QED) is 0.518. The van der Waals surface area contributed by atoms with E-state index in [4.69, 9.17) is 0 Å². The van der Waals surface area contributed by atoms with Gasteiger partial charge in [0.05, 0.1) is 12.7 Å². The van der Waals surface area contributed by atoms with Gasteiger partial charge in [0.2, 0.25) is 0 Å². The van der Waals surface area contributed by atoms with E-state index < -0.39 is 0 Å². The van der Waals surface area contributed by atoms with Gasteiger partial charge in [-0.05, 0) is 13.8 Å². The van der Waals surface area contributed by atoms with Crippen LogP contribution in [-0.4, -0.2) is 39.0 Å². The first-order valence-corrected chi connectivity index (χ1v) is 7.34.